The zero-order chi connectivity index (χ0) is 17.9. The SMILES string of the molecule is Cc1ccc(-n2nc(-c3nc(C4(N)CCC4)no3)c3c2CCC3)c(F)c1.Cl. The zero-order valence-corrected chi connectivity index (χ0v) is 15.9. The Bertz CT molecular complexity index is 1010. The van der Waals surface area contributed by atoms with Crippen LogP contribution >= 0.6 is 12.4 Å². The normalized spacial score (nSPS) is 17.3. The van der Waals surface area contributed by atoms with Gasteiger partial charge >= 0.3 is 0 Å². The monoisotopic (exact) mass is 389 g/mol. The Labute approximate surface area is 162 Å². The lowest BCUT2D eigenvalue weighted by Crippen LogP contribution is -2.44. The number of rotatable bonds is 3. The number of hydrogen-bond donors (Lipinski definition) is 1. The molecule has 0 saturated heterocycles. The fraction of sp³-hybridized carbons (Fsp3) is 0.421. The maximum Gasteiger partial charge on any atom is 0.278 e. The Morgan fingerprint density at radius 3 is 2.74 bits per heavy atom. The van der Waals surface area contributed by atoms with Gasteiger partial charge in [0, 0.05) is 11.3 Å². The van der Waals surface area contributed by atoms with E-state index in [-0.39, 0.29) is 18.2 Å². The smallest absolute Gasteiger partial charge is 0.278 e. The molecule has 2 aliphatic rings. The lowest BCUT2D eigenvalue weighted by atomic mass is 9.77. The Morgan fingerprint density at radius 2 is 2.04 bits per heavy atom. The van der Waals surface area contributed by atoms with Gasteiger partial charge in [0.05, 0.1) is 5.54 Å². The van der Waals surface area contributed by atoms with Crippen LogP contribution in [0.3, 0.4) is 0 Å². The summed E-state index contributed by atoms with van der Waals surface area (Å²) in [6.07, 6.45) is 5.56. The first-order valence-electron chi connectivity index (χ1n) is 9.06. The van der Waals surface area contributed by atoms with Gasteiger partial charge in [-0.2, -0.15) is 10.1 Å². The number of aryl methyl sites for hydroxylation is 1. The van der Waals surface area contributed by atoms with Gasteiger partial charge in [0.2, 0.25) is 0 Å². The Balaban J connectivity index is 0.00000180. The molecular weight excluding hydrogens is 369 g/mol. The predicted molar refractivity (Wildman–Crippen MR) is 101 cm³/mol. The summed E-state index contributed by atoms with van der Waals surface area (Å²) >= 11 is 0. The third-order valence-corrected chi connectivity index (χ3v) is 5.58. The molecule has 2 heterocycles. The van der Waals surface area contributed by atoms with Gasteiger partial charge in [-0.05, 0) is 63.1 Å². The van der Waals surface area contributed by atoms with Crippen molar-refractivity contribution in [2.75, 3.05) is 0 Å². The molecule has 0 unspecified atom stereocenters. The average Bonchev–Trinajstić information content (AvgIpc) is 3.29. The van der Waals surface area contributed by atoms with Crippen LogP contribution in [0.5, 0.6) is 0 Å². The summed E-state index contributed by atoms with van der Waals surface area (Å²) in [4.78, 5) is 4.52. The minimum absolute atomic E-state index is 0. The van der Waals surface area contributed by atoms with E-state index in [0.29, 0.717) is 23.1 Å². The van der Waals surface area contributed by atoms with E-state index in [1.54, 1.807) is 10.7 Å². The summed E-state index contributed by atoms with van der Waals surface area (Å²) in [6.45, 7) is 1.87. The van der Waals surface area contributed by atoms with Gasteiger partial charge in [-0.15, -0.1) is 12.4 Å². The van der Waals surface area contributed by atoms with Gasteiger partial charge in [-0.3, -0.25) is 0 Å². The van der Waals surface area contributed by atoms with Crippen LogP contribution in [0.15, 0.2) is 22.7 Å². The van der Waals surface area contributed by atoms with Gasteiger partial charge < -0.3 is 10.3 Å². The summed E-state index contributed by atoms with van der Waals surface area (Å²) in [5.74, 6) is 0.637. The molecule has 27 heavy (non-hydrogen) atoms. The van der Waals surface area contributed by atoms with Crippen molar-refractivity contribution in [1.29, 1.82) is 0 Å². The van der Waals surface area contributed by atoms with Gasteiger partial charge in [-0.25, -0.2) is 9.07 Å². The number of nitrogens with zero attached hydrogens (tertiary/aromatic N) is 4. The Morgan fingerprint density at radius 1 is 1.22 bits per heavy atom. The molecule has 6 nitrogen and oxygen atoms in total. The number of aromatic nitrogens is 4. The number of hydrogen-bond acceptors (Lipinski definition) is 5. The fourth-order valence-corrected chi connectivity index (χ4v) is 3.90. The molecule has 1 saturated carbocycles. The molecule has 2 N–H and O–H groups in total. The van der Waals surface area contributed by atoms with Crippen LogP contribution in [0.4, 0.5) is 4.39 Å². The maximum atomic E-state index is 14.5. The lowest BCUT2D eigenvalue weighted by molar-refractivity contribution is 0.229. The molecule has 3 aromatic rings. The largest absolute Gasteiger partial charge is 0.332 e. The number of fused-ring (bicyclic) bond motifs is 1. The van der Waals surface area contributed by atoms with E-state index < -0.39 is 5.54 Å². The molecule has 1 fully saturated rings. The van der Waals surface area contributed by atoms with Gasteiger partial charge in [0.25, 0.3) is 5.89 Å². The van der Waals surface area contributed by atoms with E-state index in [1.165, 1.54) is 6.07 Å². The molecule has 0 amide bonds. The standard InChI is InChI=1S/C19H20FN5O.ClH/c1-11-6-7-15(13(20)10-11)25-14-5-2-4-12(14)16(23-25)17-22-18(24-26-17)19(21)8-3-9-19;/h6-7,10H,2-5,8-9,21H2,1H3;1H. The van der Waals surface area contributed by atoms with Crippen LogP contribution in [0.25, 0.3) is 17.3 Å². The van der Waals surface area contributed by atoms with Crippen molar-refractivity contribution in [2.45, 2.75) is 51.0 Å². The molecule has 2 aromatic heterocycles. The minimum atomic E-state index is -0.476. The summed E-state index contributed by atoms with van der Waals surface area (Å²) in [7, 11) is 0. The molecule has 8 heteroatoms. The van der Waals surface area contributed by atoms with Crippen LogP contribution in [0.2, 0.25) is 0 Å². The Kier molecular flexibility index (Phi) is 4.31. The molecule has 0 aliphatic heterocycles. The van der Waals surface area contributed by atoms with E-state index in [1.807, 2.05) is 13.0 Å². The van der Waals surface area contributed by atoms with Crippen molar-refractivity contribution < 1.29 is 8.91 Å². The van der Waals surface area contributed by atoms with Crippen molar-refractivity contribution in [1.82, 2.24) is 19.9 Å². The highest BCUT2D eigenvalue weighted by Gasteiger charge is 2.39. The van der Waals surface area contributed by atoms with Crippen LogP contribution in [0, 0.1) is 12.7 Å². The van der Waals surface area contributed by atoms with Crippen molar-refractivity contribution in [3.8, 4) is 17.3 Å². The summed E-state index contributed by atoms with van der Waals surface area (Å²) in [5.41, 5.74) is 9.90. The Hall–Kier alpha value is -2.25. The number of nitrogens with two attached hydrogens (primary N) is 1. The highest BCUT2D eigenvalue weighted by Crippen LogP contribution is 2.39. The fourth-order valence-electron chi connectivity index (χ4n) is 3.90. The second kappa shape index (κ2) is 6.42. The van der Waals surface area contributed by atoms with Gasteiger partial charge in [-0.1, -0.05) is 11.2 Å². The highest BCUT2D eigenvalue weighted by atomic mass is 35.5. The third-order valence-electron chi connectivity index (χ3n) is 5.58. The summed E-state index contributed by atoms with van der Waals surface area (Å²) in [5, 5.41) is 8.73. The lowest BCUT2D eigenvalue weighted by Gasteiger charge is -2.34. The molecule has 142 valence electrons. The van der Waals surface area contributed by atoms with Crippen LogP contribution in [-0.4, -0.2) is 19.9 Å². The van der Waals surface area contributed by atoms with E-state index in [4.69, 9.17) is 10.3 Å². The number of halogens is 2. The molecule has 1 aromatic carbocycles. The highest BCUT2D eigenvalue weighted by molar-refractivity contribution is 5.85. The van der Waals surface area contributed by atoms with Gasteiger partial charge in [0.15, 0.2) is 11.5 Å². The van der Waals surface area contributed by atoms with Crippen molar-refractivity contribution in [3.05, 3.63) is 46.7 Å². The summed E-state index contributed by atoms with van der Waals surface area (Å²) in [6, 6.07) is 5.18. The molecule has 0 bridgehead atoms. The van der Waals surface area contributed by atoms with Crippen molar-refractivity contribution in [3.63, 3.8) is 0 Å². The zero-order valence-electron chi connectivity index (χ0n) is 15.0. The van der Waals surface area contributed by atoms with Crippen LogP contribution in [-0.2, 0) is 18.4 Å². The second-order valence-electron chi connectivity index (χ2n) is 7.43. The first-order chi connectivity index (χ1) is 12.5. The first kappa shape index (κ1) is 18.1. The first-order valence-corrected chi connectivity index (χ1v) is 9.06. The van der Waals surface area contributed by atoms with Crippen LogP contribution < -0.4 is 5.73 Å². The summed E-state index contributed by atoms with van der Waals surface area (Å²) < 4.78 is 21.7. The molecule has 2 aliphatic carbocycles. The molecular formula is C19H21ClFN5O. The molecule has 0 spiro atoms. The third kappa shape index (κ3) is 2.76. The second-order valence-corrected chi connectivity index (χ2v) is 7.43. The predicted octanol–water partition coefficient (Wildman–Crippen LogP) is 3.62. The van der Waals surface area contributed by atoms with E-state index in [2.05, 4.69) is 15.2 Å². The quantitative estimate of drug-likeness (QED) is 0.739. The minimum Gasteiger partial charge on any atom is -0.332 e. The van der Waals surface area contributed by atoms with E-state index >= 15 is 0 Å². The number of benzene rings is 1. The topological polar surface area (TPSA) is 82.8 Å². The van der Waals surface area contributed by atoms with E-state index in [9.17, 15) is 4.39 Å². The van der Waals surface area contributed by atoms with Crippen molar-refractivity contribution >= 4 is 12.4 Å². The van der Waals surface area contributed by atoms with E-state index in [0.717, 1.165) is 55.3 Å². The molecule has 0 atom stereocenters. The maximum absolute atomic E-state index is 14.5. The van der Waals surface area contributed by atoms with Gasteiger partial charge in [0.1, 0.15) is 11.5 Å². The van der Waals surface area contributed by atoms with Crippen molar-refractivity contribution in [2.24, 2.45) is 5.73 Å². The molecule has 5 rings (SSSR count). The average molecular weight is 390 g/mol. The molecule has 0 radical (unpaired) electrons. The van der Waals surface area contributed by atoms with Crippen LogP contribution in [0.1, 0.15) is 48.3 Å².